The maximum Gasteiger partial charge on any atom is 0.320 e. The van der Waals surface area contributed by atoms with Crippen LogP contribution in [0.2, 0.25) is 0 Å². The fraction of sp³-hybridized carbons (Fsp3) is 0.500. The number of halogens is 3. The van der Waals surface area contributed by atoms with Crippen LogP contribution in [0.1, 0.15) is 39.2 Å². The van der Waals surface area contributed by atoms with Gasteiger partial charge in [-0.2, -0.15) is 4.39 Å². The molecule has 23 heavy (non-hydrogen) atoms. The van der Waals surface area contributed by atoms with Gasteiger partial charge in [-0.05, 0) is 30.4 Å². The number of benzene rings is 1. The second-order valence-electron chi connectivity index (χ2n) is 6.44. The molecule has 0 heterocycles. The standard InChI is InChI=1S/C16H20F3NO3/c1-9-7-10(17)14(19)15(13(9)18)23-12(22)8-11(21)20-6-5-16(2,3)4/h7H,5-6,8H2,1-4H3,(H,20,21). The zero-order chi connectivity index (χ0) is 17.8. The van der Waals surface area contributed by atoms with E-state index >= 15 is 0 Å². The summed E-state index contributed by atoms with van der Waals surface area (Å²) in [6.45, 7) is 7.54. The summed E-state index contributed by atoms with van der Waals surface area (Å²) in [5, 5.41) is 2.51. The molecule has 0 unspecified atom stereocenters. The topological polar surface area (TPSA) is 55.4 Å². The van der Waals surface area contributed by atoms with Crippen molar-refractivity contribution in [1.29, 1.82) is 0 Å². The average molecular weight is 331 g/mol. The second-order valence-corrected chi connectivity index (χ2v) is 6.44. The van der Waals surface area contributed by atoms with Crippen molar-refractivity contribution >= 4 is 11.9 Å². The molecular weight excluding hydrogens is 311 g/mol. The number of ether oxygens (including phenoxy) is 1. The minimum absolute atomic E-state index is 0.0130. The molecule has 1 aromatic carbocycles. The van der Waals surface area contributed by atoms with Crippen LogP contribution in [0.25, 0.3) is 0 Å². The number of esters is 1. The Morgan fingerprint density at radius 1 is 1.17 bits per heavy atom. The molecule has 0 aliphatic carbocycles. The molecule has 0 aliphatic heterocycles. The van der Waals surface area contributed by atoms with Crippen molar-refractivity contribution in [3.8, 4) is 5.75 Å². The van der Waals surface area contributed by atoms with E-state index in [1.807, 2.05) is 20.8 Å². The molecule has 0 radical (unpaired) electrons. The Balaban J connectivity index is 2.63. The first-order chi connectivity index (χ1) is 10.5. The average Bonchev–Trinajstić information content (AvgIpc) is 2.40. The SMILES string of the molecule is Cc1cc(F)c(F)c(OC(=O)CC(=O)NCCC(C)(C)C)c1F. The van der Waals surface area contributed by atoms with Crippen LogP contribution in [-0.4, -0.2) is 18.4 Å². The van der Waals surface area contributed by atoms with Crippen molar-refractivity contribution in [1.82, 2.24) is 5.32 Å². The van der Waals surface area contributed by atoms with Crippen LogP contribution in [0.15, 0.2) is 6.07 Å². The van der Waals surface area contributed by atoms with E-state index in [-0.39, 0.29) is 11.0 Å². The van der Waals surface area contributed by atoms with Gasteiger partial charge in [-0.15, -0.1) is 0 Å². The number of hydrogen-bond donors (Lipinski definition) is 1. The van der Waals surface area contributed by atoms with Crippen LogP contribution in [0.4, 0.5) is 13.2 Å². The van der Waals surface area contributed by atoms with Crippen molar-refractivity contribution in [2.24, 2.45) is 5.41 Å². The molecule has 4 nitrogen and oxygen atoms in total. The van der Waals surface area contributed by atoms with Crippen LogP contribution < -0.4 is 10.1 Å². The van der Waals surface area contributed by atoms with Crippen LogP contribution in [0.5, 0.6) is 5.75 Å². The molecule has 1 rings (SSSR count). The zero-order valence-corrected chi connectivity index (χ0v) is 13.6. The third kappa shape index (κ3) is 5.92. The van der Waals surface area contributed by atoms with Gasteiger partial charge in [-0.3, -0.25) is 9.59 Å². The third-order valence-corrected chi connectivity index (χ3v) is 3.02. The van der Waals surface area contributed by atoms with E-state index in [0.717, 1.165) is 0 Å². The maximum atomic E-state index is 13.7. The number of nitrogens with one attached hydrogen (secondary N) is 1. The molecule has 128 valence electrons. The van der Waals surface area contributed by atoms with Gasteiger partial charge >= 0.3 is 5.97 Å². The van der Waals surface area contributed by atoms with Gasteiger partial charge in [0, 0.05) is 6.54 Å². The van der Waals surface area contributed by atoms with Gasteiger partial charge in [0.25, 0.3) is 0 Å². The molecule has 0 bridgehead atoms. The fourth-order valence-corrected chi connectivity index (χ4v) is 1.71. The maximum absolute atomic E-state index is 13.7. The lowest BCUT2D eigenvalue weighted by atomic mass is 9.92. The third-order valence-electron chi connectivity index (χ3n) is 3.02. The van der Waals surface area contributed by atoms with Crippen LogP contribution in [0.3, 0.4) is 0 Å². The largest absolute Gasteiger partial charge is 0.420 e. The van der Waals surface area contributed by atoms with E-state index < -0.39 is 41.5 Å². The zero-order valence-electron chi connectivity index (χ0n) is 13.6. The van der Waals surface area contributed by atoms with Crippen molar-refractivity contribution < 1.29 is 27.5 Å². The summed E-state index contributed by atoms with van der Waals surface area (Å²) < 4.78 is 44.8. The number of aryl methyl sites for hydroxylation is 1. The molecule has 0 fully saturated rings. The van der Waals surface area contributed by atoms with Crippen molar-refractivity contribution in [3.05, 3.63) is 29.1 Å². The number of amides is 1. The van der Waals surface area contributed by atoms with E-state index in [1.54, 1.807) is 0 Å². The monoisotopic (exact) mass is 331 g/mol. The Bertz CT molecular complexity index is 583. The van der Waals surface area contributed by atoms with Crippen molar-refractivity contribution in [2.45, 2.75) is 40.5 Å². The highest BCUT2D eigenvalue weighted by atomic mass is 19.2. The molecule has 0 aromatic heterocycles. The minimum Gasteiger partial charge on any atom is -0.420 e. The number of rotatable bonds is 5. The Hall–Kier alpha value is -2.05. The van der Waals surface area contributed by atoms with Crippen molar-refractivity contribution in [2.75, 3.05) is 6.54 Å². The molecule has 0 saturated heterocycles. The first kappa shape index (κ1) is 19.0. The van der Waals surface area contributed by atoms with Crippen LogP contribution in [-0.2, 0) is 9.59 Å². The quantitative estimate of drug-likeness (QED) is 0.390. The van der Waals surface area contributed by atoms with Gasteiger partial charge < -0.3 is 10.1 Å². The van der Waals surface area contributed by atoms with E-state index in [9.17, 15) is 22.8 Å². The van der Waals surface area contributed by atoms with E-state index in [2.05, 4.69) is 10.1 Å². The number of hydrogen-bond acceptors (Lipinski definition) is 3. The van der Waals surface area contributed by atoms with Gasteiger partial charge in [0.1, 0.15) is 6.42 Å². The van der Waals surface area contributed by atoms with E-state index in [0.29, 0.717) is 19.0 Å². The van der Waals surface area contributed by atoms with Gasteiger partial charge in [0.15, 0.2) is 11.6 Å². The molecule has 0 spiro atoms. The summed E-state index contributed by atoms with van der Waals surface area (Å²) in [5.74, 6) is -7.04. The summed E-state index contributed by atoms with van der Waals surface area (Å²) >= 11 is 0. The predicted octanol–water partition coefficient (Wildman–Crippen LogP) is 3.26. The second kappa shape index (κ2) is 7.48. The van der Waals surface area contributed by atoms with Crippen molar-refractivity contribution in [3.63, 3.8) is 0 Å². The van der Waals surface area contributed by atoms with Crippen LogP contribution in [0, 0.1) is 29.8 Å². The first-order valence-corrected chi connectivity index (χ1v) is 7.13. The van der Waals surface area contributed by atoms with Gasteiger partial charge in [-0.25, -0.2) is 8.78 Å². The molecule has 1 N–H and O–H groups in total. The number of carbonyl (C=O) groups is 2. The molecule has 1 amide bonds. The highest BCUT2D eigenvalue weighted by Gasteiger charge is 2.22. The van der Waals surface area contributed by atoms with Gasteiger partial charge in [0.05, 0.1) is 0 Å². The molecule has 0 atom stereocenters. The molecule has 0 saturated carbocycles. The Morgan fingerprint density at radius 3 is 2.35 bits per heavy atom. The summed E-state index contributed by atoms with van der Waals surface area (Å²) in [5.41, 5.74) is -0.194. The summed E-state index contributed by atoms with van der Waals surface area (Å²) in [7, 11) is 0. The minimum atomic E-state index is -1.60. The van der Waals surface area contributed by atoms with Crippen LogP contribution >= 0.6 is 0 Å². The normalized spacial score (nSPS) is 11.3. The predicted molar refractivity (Wildman–Crippen MR) is 78.4 cm³/mol. The summed E-state index contributed by atoms with van der Waals surface area (Å²) in [4.78, 5) is 23.1. The van der Waals surface area contributed by atoms with Gasteiger partial charge in [0.2, 0.25) is 17.5 Å². The number of carbonyl (C=O) groups excluding carboxylic acids is 2. The lowest BCUT2D eigenvalue weighted by molar-refractivity contribution is -0.138. The lowest BCUT2D eigenvalue weighted by Crippen LogP contribution is -2.30. The molecule has 0 aliphatic rings. The first-order valence-electron chi connectivity index (χ1n) is 7.13. The van der Waals surface area contributed by atoms with Gasteiger partial charge in [-0.1, -0.05) is 20.8 Å². The van der Waals surface area contributed by atoms with E-state index in [4.69, 9.17) is 0 Å². The molecule has 7 heteroatoms. The Kier molecular flexibility index (Phi) is 6.18. The Morgan fingerprint density at radius 2 is 1.78 bits per heavy atom. The molecule has 1 aromatic rings. The highest BCUT2D eigenvalue weighted by Crippen LogP contribution is 2.27. The van der Waals surface area contributed by atoms with E-state index in [1.165, 1.54) is 6.92 Å². The molecular formula is C16H20F3NO3. The highest BCUT2D eigenvalue weighted by molar-refractivity contribution is 5.95. The smallest absolute Gasteiger partial charge is 0.320 e. The Labute approximate surface area is 133 Å². The summed E-state index contributed by atoms with van der Waals surface area (Å²) in [6, 6.07) is 0.654. The fourth-order valence-electron chi connectivity index (χ4n) is 1.71. The summed E-state index contributed by atoms with van der Waals surface area (Å²) in [6.07, 6.45) is -0.0152. The lowest BCUT2D eigenvalue weighted by Gasteiger charge is -2.17.